The molecule has 0 amide bonds. The van der Waals surface area contributed by atoms with Gasteiger partial charge in [0.05, 0.1) is 0 Å². The van der Waals surface area contributed by atoms with Crippen LogP contribution in [-0.4, -0.2) is 15.1 Å². The van der Waals surface area contributed by atoms with Crippen LogP contribution in [0.1, 0.15) is 41.0 Å². The van der Waals surface area contributed by atoms with Gasteiger partial charge in [-0.3, -0.25) is 4.79 Å². The van der Waals surface area contributed by atoms with Crippen molar-refractivity contribution >= 4 is 17.8 Å². The number of Topliss-reactive ketones (excluding diaryl/α,β-unsaturated/α-hetero) is 1. The summed E-state index contributed by atoms with van der Waals surface area (Å²) in [6.07, 6.45) is 0.414. The highest BCUT2D eigenvalue weighted by atomic mass is 32.2. The van der Waals surface area contributed by atoms with Crippen LogP contribution in [0.4, 0.5) is 0 Å². The molecule has 1 N–H and O–H groups in total. The normalized spacial score (nSPS) is 13.2. The van der Waals surface area contributed by atoms with Crippen LogP contribution < -0.4 is 0 Å². The molecule has 0 heterocycles. The summed E-state index contributed by atoms with van der Waals surface area (Å²) in [7, 11) is 0. The monoisotopic (exact) mass is 190 g/mol. The molecule has 0 atom stereocenters. The van der Waals surface area contributed by atoms with Gasteiger partial charge in [-0.2, -0.15) is 0 Å². The van der Waals surface area contributed by atoms with Gasteiger partial charge in [0, 0.05) is 16.6 Å². The lowest BCUT2D eigenvalue weighted by atomic mass is 9.86. The number of rotatable bonds is 3. The fourth-order valence-corrected chi connectivity index (χ4v) is 0.880. The van der Waals surface area contributed by atoms with Crippen LogP contribution in [-0.2, 0) is 4.79 Å². The third-order valence-electron chi connectivity index (χ3n) is 1.67. The molecule has 0 bridgehead atoms. The van der Waals surface area contributed by atoms with Crippen molar-refractivity contribution in [3.63, 3.8) is 0 Å². The largest absolute Gasteiger partial charge is 0.329 e. The van der Waals surface area contributed by atoms with Gasteiger partial charge in [-0.25, -0.2) is 0 Å². The van der Waals surface area contributed by atoms with E-state index in [0.29, 0.717) is 6.42 Å². The molecule has 0 spiro atoms. The number of carbonyl (C=O) groups excluding carboxylic acids is 1. The zero-order valence-corrected chi connectivity index (χ0v) is 9.29. The Morgan fingerprint density at radius 3 is 1.92 bits per heavy atom. The molecule has 0 aromatic carbocycles. The molecule has 0 aromatic rings. The Labute approximate surface area is 78.9 Å². The Kier molecular flexibility index (Phi) is 3.79. The molecule has 0 aliphatic carbocycles. The van der Waals surface area contributed by atoms with E-state index in [9.17, 15) is 4.79 Å². The molecule has 0 fully saturated rings. The number of carbonyl (C=O) groups is 1. The van der Waals surface area contributed by atoms with Crippen molar-refractivity contribution in [2.75, 3.05) is 0 Å². The predicted octanol–water partition coefficient (Wildman–Crippen LogP) is 2.98. The lowest BCUT2D eigenvalue weighted by Crippen LogP contribution is -2.28. The molecular formula is C9H18O2S. The van der Waals surface area contributed by atoms with E-state index in [0.717, 1.165) is 12.0 Å². The highest BCUT2D eigenvalue weighted by Gasteiger charge is 2.29. The Balaban J connectivity index is 4.20. The Bertz CT molecular complexity index is 168. The van der Waals surface area contributed by atoms with Crippen LogP contribution in [0.2, 0.25) is 0 Å². The first-order valence-electron chi connectivity index (χ1n) is 4.05. The van der Waals surface area contributed by atoms with Crippen molar-refractivity contribution in [3.8, 4) is 0 Å². The molecule has 12 heavy (non-hydrogen) atoms. The van der Waals surface area contributed by atoms with Gasteiger partial charge in [-0.1, -0.05) is 20.8 Å². The van der Waals surface area contributed by atoms with Gasteiger partial charge < -0.3 is 4.55 Å². The molecule has 0 rings (SSSR count). The number of hydrogen-bond acceptors (Lipinski definition) is 3. The lowest BCUT2D eigenvalue weighted by molar-refractivity contribution is -0.126. The molecule has 0 radical (unpaired) electrons. The minimum Gasteiger partial charge on any atom is -0.329 e. The smallest absolute Gasteiger partial charge is 0.139 e. The van der Waals surface area contributed by atoms with E-state index in [1.54, 1.807) is 0 Å². The highest BCUT2D eigenvalue weighted by Crippen LogP contribution is 2.29. The van der Waals surface area contributed by atoms with Crippen LogP contribution >= 0.6 is 12.0 Å². The predicted molar refractivity (Wildman–Crippen MR) is 53.4 cm³/mol. The van der Waals surface area contributed by atoms with Crippen molar-refractivity contribution in [2.45, 2.75) is 45.8 Å². The fraction of sp³-hybridized carbons (Fsp3) is 0.889. The second-order valence-electron chi connectivity index (χ2n) is 4.70. The van der Waals surface area contributed by atoms with Crippen molar-refractivity contribution in [1.29, 1.82) is 0 Å². The van der Waals surface area contributed by atoms with Gasteiger partial charge in [0.25, 0.3) is 0 Å². The van der Waals surface area contributed by atoms with Gasteiger partial charge >= 0.3 is 0 Å². The summed E-state index contributed by atoms with van der Waals surface area (Å²) >= 11 is 0.751. The summed E-state index contributed by atoms with van der Waals surface area (Å²) < 4.78 is 8.52. The van der Waals surface area contributed by atoms with Gasteiger partial charge in [0.2, 0.25) is 0 Å². The van der Waals surface area contributed by atoms with Crippen molar-refractivity contribution in [1.82, 2.24) is 0 Å². The maximum atomic E-state index is 11.5. The van der Waals surface area contributed by atoms with Crippen molar-refractivity contribution in [3.05, 3.63) is 0 Å². The van der Waals surface area contributed by atoms with Gasteiger partial charge in [-0.15, -0.1) is 0 Å². The molecule has 0 aliphatic heterocycles. The number of hydrogen-bond donors (Lipinski definition) is 1. The molecule has 0 aliphatic rings. The molecule has 0 saturated carbocycles. The van der Waals surface area contributed by atoms with Gasteiger partial charge in [-0.05, 0) is 25.9 Å². The van der Waals surface area contributed by atoms with Crippen LogP contribution in [0.15, 0.2) is 0 Å². The second-order valence-corrected chi connectivity index (χ2v) is 5.99. The van der Waals surface area contributed by atoms with Crippen molar-refractivity contribution < 1.29 is 9.35 Å². The summed E-state index contributed by atoms with van der Waals surface area (Å²) in [4.78, 5) is 11.5. The molecular weight excluding hydrogens is 172 g/mol. The van der Waals surface area contributed by atoms with Crippen LogP contribution in [0, 0.1) is 5.41 Å². The fourth-order valence-electron chi connectivity index (χ4n) is 0.684. The summed E-state index contributed by atoms with van der Waals surface area (Å²) in [5.41, 5.74) is -0.299. The van der Waals surface area contributed by atoms with Gasteiger partial charge in [0.1, 0.15) is 5.78 Å². The highest BCUT2D eigenvalue weighted by molar-refractivity contribution is 7.95. The third-order valence-corrected chi connectivity index (χ3v) is 2.31. The zero-order chi connectivity index (χ0) is 9.99. The first-order chi connectivity index (χ1) is 5.19. The van der Waals surface area contributed by atoms with Crippen molar-refractivity contribution in [2.24, 2.45) is 5.41 Å². The van der Waals surface area contributed by atoms with E-state index in [4.69, 9.17) is 4.55 Å². The van der Waals surface area contributed by atoms with E-state index < -0.39 is 0 Å². The summed E-state index contributed by atoms with van der Waals surface area (Å²) in [6, 6.07) is 0. The maximum Gasteiger partial charge on any atom is 0.139 e. The van der Waals surface area contributed by atoms with E-state index >= 15 is 0 Å². The van der Waals surface area contributed by atoms with E-state index in [1.807, 2.05) is 34.6 Å². The van der Waals surface area contributed by atoms with Crippen LogP contribution in [0.3, 0.4) is 0 Å². The SMILES string of the molecule is CC(C)(CC(=O)C(C)(C)C)SO. The summed E-state index contributed by atoms with van der Waals surface area (Å²) in [6.45, 7) is 9.41. The standard InChI is InChI=1S/C9H18O2S/c1-8(2,3)7(10)6-9(4,5)12-11/h11H,6H2,1-5H3. The summed E-state index contributed by atoms with van der Waals surface area (Å²) in [5.74, 6) is 0.189. The average Bonchev–Trinajstić information content (AvgIpc) is 1.85. The topological polar surface area (TPSA) is 37.3 Å². The number of ketones is 1. The third kappa shape index (κ3) is 4.12. The minimum atomic E-state index is -0.357. The first kappa shape index (κ1) is 12.0. The van der Waals surface area contributed by atoms with Crippen LogP contribution in [0.25, 0.3) is 0 Å². The Hall–Kier alpha value is -0.0200. The molecule has 0 saturated heterocycles. The average molecular weight is 190 g/mol. The summed E-state index contributed by atoms with van der Waals surface area (Å²) in [5, 5.41) is 0. The second kappa shape index (κ2) is 3.79. The van der Waals surface area contributed by atoms with E-state index in [1.165, 1.54) is 0 Å². The lowest BCUT2D eigenvalue weighted by Gasteiger charge is -2.24. The Morgan fingerprint density at radius 1 is 1.25 bits per heavy atom. The van der Waals surface area contributed by atoms with E-state index in [2.05, 4.69) is 0 Å². The van der Waals surface area contributed by atoms with Gasteiger partial charge in [0.15, 0.2) is 0 Å². The minimum absolute atomic E-state index is 0.189. The molecule has 0 unspecified atom stereocenters. The molecule has 2 nitrogen and oxygen atoms in total. The maximum absolute atomic E-state index is 11.5. The molecule has 0 aromatic heterocycles. The first-order valence-corrected chi connectivity index (χ1v) is 4.82. The molecule has 72 valence electrons. The molecule has 3 heteroatoms. The Morgan fingerprint density at radius 2 is 1.67 bits per heavy atom. The quantitative estimate of drug-likeness (QED) is 0.695. The van der Waals surface area contributed by atoms with E-state index in [-0.39, 0.29) is 15.9 Å². The van der Waals surface area contributed by atoms with Crippen LogP contribution in [0.5, 0.6) is 0 Å². The zero-order valence-electron chi connectivity index (χ0n) is 8.47.